The predicted molar refractivity (Wildman–Crippen MR) is 95.4 cm³/mol. The molecule has 2 nitrogen and oxygen atoms in total. The highest BCUT2D eigenvalue weighted by molar-refractivity contribution is 6.09. The average Bonchev–Trinajstić information content (AvgIpc) is 3.30. The highest BCUT2D eigenvalue weighted by Gasteiger charge is 2.73. The van der Waals surface area contributed by atoms with Crippen LogP contribution in [0, 0.1) is 17.2 Å². The average molecular weight is 321 g/mol. The van der Waals surface area contributed by atoms with Crippen LogP contribution in [-0.2, 0) is 5.41 Å². The van der Waals surface area contributed by atoms with Crippen molar-refractivity contribution in [3.63, 3.8) is 0 Å². The topological polar surface area (TPSA) is 40.9 Å². The molecule has 0 heterocycles. The van der Waals surface area contributed by atoms with Crippen LogP contribution in [0.25, 0.3) is 0 Å². The van der Waals surface area contributed by atoms with Gasteiger partial charge in [0.2, 0.25) is 0 Å². The number of nitrogens with zero attached hydrogens (tertiary/aromatic N) is 1. The number of benzene rings is 3. The number of fused-ring (bicyclic) bond motifs is 3. The van der Waals surface area contributed by atoms with Crippen molar-refractivity contribution in [1.82, 2.24) is 0 Å². The quantitative estimate of drug-likeness (QED) is 0.699. The van der Waals surface area contributed by atoms with Crippen LogP contribution in [0.15, 0.2) is 78.9 Å². The molecule has 0 unspecified atom stereocenters. The monoisotopic (exact) mass is 321 g/mol. The maximum absolute atomic E-state index is 13.1. The van der Waals surface area contributed by atoms with Crippen molar-refractivity contribution in [2.75, 3.05) is 0 Å². The minimum atomic E-state index is -0.305. The zero-order valence-corrected chi connectivity index (χ0v) is 13.5. The molecule has 2 aliphatic rings. The Balaban J connectivity index is 1.74. The number of hydrogen-bond acceptors (Lipinski definition) is 2. The molecule has 0 amide bonds. The van der Waals surface area contributed by atoms with E-state index in [0.717, 1.165) is 16.7 Å². The first-order valence-corrected chi connectivity index (χ1v) is 8.48. The normalized spacial score (nSPS) is 25.8. The molecule has 0 aromatic heterocycles. The molecule has 3 atom stereocenters. The van der Waals surface area contributed by atoms with Gasteiger partial charge in [0.05, 0.1) is 11.6 Å². The van der Waals surface area contributed by atoms with E-state index in [1.807, 2.05) is 60.7 Å². The third-order valence-electron chi connectivity index (χ3n) is 5.79. The summed E-state index contributed by atoms with van der Waals surface area (Å²) in [6.07, 6.45) is 0. The first-order valence-electron chi connectivity index (χ1n) is 8.48. The molecule has 0 saturated heterocycles. The lowest BCUT2D eigenvalue weighted by Gasteiger charge is -2.23. The Morgan fingerprint density at radius 2 is 1.40 bits per heavy atom. The Morgan fingerprint density at radius 3 is 2.12 bits per heavy atom. The van der Waals surface area contributed by atoms with Gasteiger partial charge in [0.15, 0.2) is 5.78 Å². The SMILES string of the molecule is N#Cc1ccc([C@@]2(c3ccccc3)[C@@H]3C(=O)c4ccccc4[C@@H]32)cc1. The highest BCUT2D eigenvalue weighted by atomic mass is 16.1. The zero-order valence-electron chi connectivity index (χ0n) is 13.5. The van der Waals surface area contributed by atoms with E-state index < -0.39 is 0 Å². The number of ketones is 1. The molecule has 5 rings (SSSR count). The van der Waals surface area contributed by atoms with Gasteiger partial charge in [-0.15, -0.1) is 0 Å². The summed E-state index contributed by atoms with van der Waals surface area (Å²) < 4.78 is 0. The number of nitriles is 1. The van der Waals surface area contributed by atoms with E-state index in [1.165, 1.54) is 5.56 Å². The molecule has 3 aromatic rings. The van der Waals surface area contributed by atoms with Crippen molar-refractivity contribution in [3.05, 3.63) is 107 Å². The molecule has 1 fully saturated rings. The smallest absolute Gasteiger partial charge is 0.168 e. The second-order valence-electron chi connectivity index (χ2n) is 6.83. The third kappa shape index (κ3) is 1.70. The lowest BCUT2D eigenvalue weighted by atomic mass is 9.79. The number of rotatable bonds is 2. The van der Waals surface area contributed by atoms with Crippen LogP contribution in [0.4, 0.5) is 0 Å². The van der Waals surface area contributed by atoms with Crippen molar-refractivity contribution in [2.45, 2.75) is 11.3 Å². The van der Waals surface area contributed by atoms with Gasteiger partial charge < -0.3 is 0 Å². The fraction of sp³-hybridized carbons (Fsp3) is 0.130. The standard InChI is InChI=1S/C23H15NO/c24-14-15-10-12-17(13-11-15)23(16-6-2-1-3-7-16)20-18-8-4-5-9-19(18)22(25)21(20)23/h1-13,20-21H/t20-,21-,23+/m0/s1. The number of Topliss-reactive ketones (excluding diaryl/α,β-unsaturated/α-hetero) is 1. The molecule has 0 radical (unpaired) electrons. The number of carbonyl (C=O) groups is 1. The lowest BCUT2D eigenvalue weighted by Crippen LogP contribution is -2.20. The molecule has 1 saturated carbocycles. The van der Waals surface area contributed by atoms with Gasteiger partial charge in [-0.1, -0.05) is 66.7 Å². The molecule has 2 heteroatoms. The Morgan fingerprint density at radius 1 is 0.760 bits per heavy atom. The third-order valence-corrected chi connectivity index (χ3v) is 5.79. The van der Waals surface area contributed by atoms with Gasteiger partial charge in [0.25, 0.3) is 0 Å². The second kappa shape index (κ2) is 4.91. The van der Waals surface area contributed by atoms with E-state index >= 15 is 0 Å². The van der Waals surface area contributed by atoms with E-state index in [4.69, 9.17) is 5.26 Å². The minimum Gasteiger partial charge on any atom is -0.294 e. The summed E-state index contributed by atoms with van der Waals surface area (Å²) in [6.45, 7) is 0. The van der Waals surface area contributed by atoms with Crippen LogP contribution in [0.5, 0.6) is 0 Å². The molecule has 0 bridgehead atoms. The zero-order chi connectivity index (χ0) is 17.0. The summed E-state index contributed by atoms with van der Waals surface area (Å²) in [5.41, 5.74) is 4.67. The van der Waals surface area contributed by atoms with E-state index in [0.29, 0.717) is 5.56 Å². The van der Waals surface area contributed by atoms with Crippen molar-refractivity contribution < 1.29 is 4.79 Å². The molecule has 0 aliphatic heterocycles. The van der Waals surface area contributed by atoms with Gasteiger partial charge in [-0.05, 0) is 28.8 Å². The van der Waals surface area contributed by atoms with Crippen molar-refractivity contribution in [1.29, 1.82) is 5.26 Å². The fourth-order valence-electron chi connectivity index (χ4n) is 4.75. The van der Waals surface area contributed by atoms with Crippen molar-refractivity contribution in [2.24, 2.45) is 5.92 Å². The first-order chi connectivity index (χ1) is 12.3. The molecule has 118 valence electrons. The Kier molecular flexibility index (Phi) is 2.79. The number of carbonyl (C=O) groups excluding carboxylic acids is 1. The van der Waals surface area contributed by atoms with Crippen molar-refractivity contribution in [3.8, 4) is 6.07 Å². The van der Waals surface area contributed by atoms with Crippen LogP contribution in [0.2, 0.25) is 0 Å². The molecular weight excluding hydrogens is 306 g/mol. The second-order valence-corrected chi connectivity index (χ2v) is 6.83. The van der Waals surface area contributed by atoms with E-state index in [-0.39, 0.29) is 23.0 Å². The molecule has 25 heavy (non-hydrogen) atoms. The lowest BCUT2D eigenvalue weighted by molar-refractivity contribution is 0.0966. The van der Waals surface area contributed by atoms with Gasteiger partial charge in [0, 0.05) is 22.8 Å². The summed E-state index contributed by atoms with van der Waals surface area (Å²) >= 11 is 0. The van der Waals surface area contributed by atoms with Crippen LogP contribution in [0.3, 0.4) is 0 Å². The van der Waals surface area contributed by atoms with Gasteiger partial charge in [-0.25, -0.2) is 0 Å². The molecule has 0 spiro atoms. The fourth-order valence-corrected chi connectivity index (χ4v) is 4.75. The minimum absolute atomic E-state index is 0.0414. The Hall–Kier alpha value is -3.18. The van der Waals surface area contributed by atoms with Gasteiger partial charge in [-0.2, -0.15) is 5.26 Å². The molecule has 3 aromatic carbocycles. The van der Waals surface area contributed by atoms with Crippen molar-refractivity contribution >= 4 is 5.78 Å². The highest BCUT2D eigenvalue weighted by Crippen LogP contribution is 2.73. The summed E-state index contributed by atoms with van der Waals surface area (Å²) in [6, 6.07) is 28.2. The van der Waals surface area contributed by atoms with E-state index in [1.54, 1.807) is 0 Å². The maximum atomic E-state index is 13.1. The van der Waals surface area contributed by atoms with Gasteiger partial charge in [-0.3, -0.25) is 4.79 Å². The summed E-state index contributed by atoms with van der Waals surface area (Å²) in [7, 11) is 0. The first kappa shape index (κ1) is 14.2. The Labute approximate surface area is 146 Å². The summed E-state index contributed by atoms with van der Waals surface area (Å²) in [5.74, 6) is 0.389. The van der Waals surface area contributed by atoms with Crippen LogP contribution < -0.4 is 0 Å². The van der Waals surface area contributed by atoms with Gasteiger partial charge in [0.1, 0.15) is 0 Å². The van der Waals surface area contributed by atoms with Crippen LogP contribution in [0.1, 0.15) is 38.5 Å². The molecular formula is C23H15NO. The van der Waals surface area contributed by atoms with Crippen LogP contribution in [-0.4, -0.2) is 5.78 Å². The Bertz CT molecular complexity index is 1030. The van der Waals surface area contributed by atoms with E-state index in [2.05, 4.69) is 24.3 Å². The largest absolute Gasteiger partial charge is 0.294 e. The van der Waals surface area contributed by atoms with Crippen LogP contribution >= 0.6 is 0 Å². The maximum Gasteiger partial charge on any atom is 0.168 e. The predicted octanol–water partition coefficient (Wildman–Crippen LogP) is 4.45. The summed E-state index contributed by atoms with van der Waals surface area (Å²) in [4.78, 5) is 13.1. The van der Waals surface area contributed by atoms with Gasteiger partial charge >= 0.3 is 0 Å². The summed E-state index contributed by atoms with van der Waals surface area (Å²) in [5, 5.41) is 9.09. The number of hydrogen-bond donors (Lipinski definition) is 0. The molecule has 2 aliphatic carbocycles. The van der Waals surface area contributed by atoms with E-state index in [9.17, 15) is 4.79 Å². The molecule has 0 N–H and O–H groups in total.